The van der Waals surface area contributed by atoms with Gasteiger partial charge in [0.1, 0.15) is 5.69 Å². The third kappa shape index (κ3) is 5.88. The molecule has 0 saturated carbocycles. The van der Waals surface area contributed by atoms with Gasteiger partial charge in [-0.15, -0.1) is 0 Å². The van der Waals surface area contributed by atoms with Crippen LogP contribution in [0.3, 0.4) is 0 Å². The number of nitro groups is 1. The summed E-state index contributed by atoms with van der Waals surface area (Å²) in [7, 11) is -3.27. The van der Waals surface area contributed by atoms with E-state index in [1.54, 1.807) is 6.07 Å². The maximum Gasteiger partial charge on any atom is 0.338 e. The molecule has 0 saturated heterocycles. The highest BCUT2D eigenvalue weighted by molar-refractivity contribution is 7.89. The molecule has 0 heterocycles. The lowest BCUT2D eigenvalue weighted by Gasteiger charge is -2.14. The summed E-state index contributed by atoms with van der Waals surface area (Å²) in [6.45, 7) is 1.32. The zero-order valence-corrected chi connectivity index (χ0v) is 15.9. The second kappa shape index (κ2) is 8.61. The van der Waals surface area contributed by atoms with Crippen molar-refractivity contribution < 1.29 is 27.7 Å². The fourth-order valence-corrected chi connectivity index (χ4v) is 3.13. The average molecular weight is 406 g/mol. The summed E-state index contributed by atoms with van der Waals surface area (Å²) in [4.78, 5) is 34.8. The minimum absolute atomic E-state index is 0.0180. The molecule has 2 aromatic carbocycles. The quantitative estimate of drug-likeness (QED) is 0.424. The molecule has 0 aliphatic heterocycles. The Morgan fingerprint density at radius 2 is 1.86 bits per heavy atom. The molecule has 0 bridgehead atoms. The van der Waals surface area contributed by atoms with Crippen LogP contribution in [0.25, 0.3) is 0 Å². The number of amides is 1. The number of nitro benzene ring substituents is 1. The lowest BCUT2D eigenvalue weighted by atomic mass is 10.1. The number of esters is 1. The molecule has 0 aliphatic carbocycles. The number of carbonyl (C=O) groups is 2. The summed E-state index contributed by atoms with van der Waals surface area (Å²) in [5.74, 6) is -1.79. The summed E-state index contributed by atoms with van der Waals surface area (Å²) < 4.78 is 27.8. The highest BCUT2D eigenvalue weighted by atomic mass is 32.2. The van der Waals surface area contributed by atoms with Crippen molar-refractivity contribution in [3.63, 3.8) is 0 Å². The van der Waals surface area contributed by atoms with Crippen molar-refractivity contribution in [2.45, 2.75) is 18.8 Å². The molecule has 0 spiro atoms. The number of nitrogens with one attached hydrogen (secondary N) is 1. The van der Waals surface area contributed by atoms with Gasteiger partial charge in [0.15, 0.2) is 15.9 Å². The van der Waals surface area contributed by atoms with Gasteiger partial charge in [-0.3, -0.25) is 14.9 Å². The van der Waals surface area contributed by atoms with E-state index in [-0.39, 0.29) is 22.7 Å². The zero-order valence-electron chi connectivity index (χ0n) is 15.1. The first-order valence-electron chi connectivity index (χ1n) is 8.09. The van der Waals surface area contributed by atoms with E-state index in [2.05, 4.69) is 5.32 Å². The summed E-state index contributed by atoms with van der Waals surface area (Å²) >= 11 is 0. The summed E-state index contributed by atoms with van der Waals surface area (Å²) in [5.41, 5.74) is 0.193. The number of hydrogen-bond donors (Lipinski definition) is 1. The SMILES string of the molecule is C[C@@H](OC(=O)c1cccc(CS(C)(=O)=O)c1)C(=O)Nc1ccccc1[N+](=O)[O-]. The molecule has 1 amide bonds. The minimum atomic E-state index is -3.27. The normalized spacial score (nSPS) is 12.1. The van der Waals surface area contributed by atoms with E-state index in [0.717, 1.165) is 6.26 Å². The van der Waals surface area contributed by atoms with Crippen molar-refractivity contribution in [1.29, 1.82) is 0 Å². The number of para-hydroxylation sites is 2. The van der Waals surface area contributed by atoms with Crippen molar-refractivity contribution in [2.75, 3.05) is 11.6 Å². The van der Waals surface area contributed by atoms with Gasteiger partial charge in [0, 0.05) is 12.3 Å². The number of benzene rings is 2. The van der Waals surface area contributed by atoms with Crippen LogP contribution in [0.2, 0.25) is 0 Å². The van der Waals surface area contributed by atoms with Gasteiger partial charge in [-0.25, -0.2) is 13.2 Å². The van der Waals surface area contributed by atoms with E-state index in [1.165, 1.54) is 49.4 Å². The molecule has 1 N–H and O–H groups in total. The maximum absolute atomic E-state index is 12.2. The van der Waals surface area contributed by atoms with Crippen LogP contribution < -0.4 is 5.32 Å². The van der Waals surface area contributed by atoms with E-state index in [0.29, 0.717) is 5.56 Å². The van der Waals surface area contributed by atoms with Crippen LogP contribution in [0.1, 0.15) is 22.8 Å². The summed E-state index contributed by atoms with van der Waals surface area (Å²) in [5, 5.41) is 13.3. The molecule has 0 unspecified atom stereocenters. The van der Waals surface area contributed by atoms with Crippen LogP contribution >= 0.6 is 0 Å². The fourth-order valence-electron chi connectivity index (χ4n) is 2.35. The Morgan fingerprint density at radius 3 is 2.50 bits per heavy atom. The van der Waals surface area contributed by atoms with Gasteiger partial charge in [-0.2, -0.15) is 0 Å². The first-order chi connectivity index (χ1) is 13.1. The molecule has 9 nitrogen and oxygen atoms in total. The number of ether oxygens (including phenoxy) is 1. The third-order valence-electron chi connectivity index (χ3n) is 3.60. The Kier molecular flexibility index (Phi) is 6.47. The predicted molar refractivity (Wildman–Crippen MR) is 102 cm³/mol. The monoisotopic (exact) mass is 406 g/mol. The Hall–Kier alpha value is -3.27. The number of hydrogen-bond acceptors (Lipinski definition) is 7. The van der Waals surface area contributed by atoms with Gasteiger partial charge in [0.25, 0.3) is 11.6 Å². The second-order valence-corrected chi connectivity index (χ2v) is 8.22. The van der Waals surface area contributed by atoms with Crippen molar-refractivity contribution >= 4 is 33.1 Å². The lowest BCUT2D eigenvalue weighted by Crippen LogP contribution is -2.30. The third-order valence-corrected chi connectivity index (χ3v) is 4.46. The van der Waals surface area contributed by atoms with Gasteiger partial charge < -0.3 is 10.1 Å². The lowest BCUT2D eigenvalue weighted by molar-refractivity contribution is -0.383. The molecule has 2 rings (SSSR count). The van der Waals surface area contributed by atoms with Gasteiger partial charge in [0.05, 0.1) is 16.2 Å². The molecule has 28 heavy (non-hydrogen) atoms. The van der Waals surface area contributed by atoms with Gasteiger partial charge >= 0.3 is 5.97 Å². The Bertz CT molecular complexity index is 1020. The molecular formula is C18H18N2O7S. The zero-order chi connectivity index (χ0) is 20.9. The fraction of sp³-hybridized carbons (Fsp3) is 0.222. The Morgan fingerprint density at radius 1 is 1.18 bits per heavy atom. The van der Waals surface area contributed by atoms with Crippen LogP contribution in [0.15, 0.2) is 48.5 Å². The molecule has 1 atom stereocenters. The van der Waals surface area contributed by atoms with Crippen LogP contribution in [0, 0.1) is 10.1 Å². The maximum atomic E-state index is 12.2. The smallest absolute Gasteiger partial charge is 0.338 e. The molecule has 10 heteroatoms. The van der Waals surface area contributed by atoms with Crippen molar-refractivity contribution in [3.05, 3.63) is 69.8 Å². The molecule has 148 valence electrons. The number of nitrogens with zero attached hydrogens (tertiary/aromatic N) is 1. The topological polar surface area (TPSA) is 133 Å². The van der Waals surface area contributed by atoms with Gasteiger partial charge in [-0.1, -0.05) is 24.3 Å². The van der Waals surface area contributed by atoms with E-state index in [9.17, 15) is 28.1 Å². The first kappa shape index (κ1) is 21.0. The molecule has 0 fully saturated rings. The Balaban J connectivity index is 2.07. The first-order valence-corrected chi connectivity index (χ1v) is 10.1. The van der Waals surface area contributed by atoms with Crippen LogP contribution in [-0.4, -0.2) is 37.6 Å². The molecule has 2 aromatic rings. The second-order valence-electron chi connectivity index (χ2n) is 6.08. The van der Waals surface area contributed by atoms with Gasteiger partial charge in [0.2, 0.25) is 0 Å². The molecule has 0 aliphatic rings. The van der Waals surface area contributed by atoms with Crippen LogP contribution in [0.4, 0.5) is 11.4 Å². The summed E-state index contributed by atoms with van der Waals surface area (Å²) in [6.07, 6.45) is -0.154. The number of rotatable bonds is 7. The predicted octanol–water partition coefficient (Wildman–Crippen LogP) is 2.32. The van der Waals surface area contributed by atoms with Crippen molar-refractivity contribution in [3.8, 4) is 0 Å². The van der Waals surface area contributed by atoms with Gasteiger partial charge in [-0.05, 0) is 30.7 Å². The number of carbonyl (C=O) groups excluding carboxylic acids is 2. The van der Waals surface area contributed by atoms with E-state index in [4.69, 9.17) is 4.74 Å². The number of anilines is 1. The van der Waals surface area contributed by atoms with Crippen LogP contribution in [-0.2, 0) is 25.1 Å². The largest absolute Gasteiger partial charge is 0.449 e. The highest BCUT2D eigenvalue weighted by Crippen LogP contribution is 2.23. The number of sulfone groups is 1. The van der Waals surface area contributed by atoms with Crippen molar-refractivity contribution in [2.24, 2.45) is 0 Å². The molecule has 0 radical (unpaired) electrons. The Labute approximate surface area is 161 Å². The average Bonchev–Trinajstić information content (AvgIpc) is 2.60. The van der Waals surface area contributed by atoms with E-state index < -0.39 is 32.7 Å². The van der Waals surface area contributed by atoms with E-state index >= 15 is 0 Å². The molecule has 0 aromatic heterocycles. The van der Waals surface area contributed by atoms with Crippen molar-refractivity contribution in [1.82, 2.24) is 0 Å². The highest BCUT2D eigenvalue weighted by Gasteiger charge is 2.22. The van der Waals surface area contributed by atoms with Crippen LogP contribution in [0.5, 0.6) is 0 Å². The summed E-state index contributed by atoms with van der Waals surface area (Å²) in [6, 6.07) is 11.4. The van der Waals surface area contributed by atoms with E-state index in [1.807, 2.05) is 0 Å². The standard InChI is InChI=1S/C18H18N2O7S/c1-12(17(21)19-15-8-3-4-9-16(15)20(23)24)27-18(22)14-7-5-6-13(10-14)11-28(2,25)26/h3-10,12H,11H2,1-2H3,(H,19,21)/t12-/m1/s1. The molecular weight excluding hydrogens is 388 g/mol. The minimum Gasteiger partial charge on any atom is -0.449 e.